The normalized spacial score (nSPS) is 17.4. The van der Waals surface area contributed by atoms with E-state index in [-0.39, 0.29) is 41.2 Å². The van der Waals surface area contributed by atoms with Gasteiger partial charge in [-0.3, -0.25) is 9.29 Å². The zero-order valence-corrected chi connectivity index (χ0v) is 23.1. The molecule has 0 radical (unpaired) electrons. The fourth-order valence-electron chi connectivity index (χ4n) is 3.95. The first kappa shape index (κ1) is 27.9. The minimum Gasteiger partial charge on any atom is -0.479 e. The van der Waals surface area contributed by atoms with Gasteiger partial charge in [-0.2, -0.15) is 9.97 Å². The summed E-state index contributed by atoms with van der Waals surface area (Å²) in [7, 11) is -1.30. The fourth-order valence-corrected chi connectivity index (χ4v) is 5.13. The SMILES string of the molecule is COc1ncnc(OC)c1-n1c(NS(=O)(=O)C(C)C(OC(C)C)c2ncc(Cl)cn2)nnc1[C@@H]1CCOC1. The van der Waals surface area contributed by atoms with Crippen LogP contribution in [0.3, 0.4) is 0 Å². The number of methoxy groups -OCH3 is 2. The van der Waals surface area contributed by atoms with Crippen LogP contribution >= 0.6 is 11.6 Å². The molecule has 0 bridgehead atoms. The van der Waals surface area contributed by atoms with Crippen molar-refractivity contribution in [2.45, 2.75) is 50.6 Å². The minimum absolute atomic E-state index is 0.106. The Morgan fingerprint density at radius 1 is 1.08 bits per heavy atom. The van der Waals surface area contributed by atoms with Gasteiger partial charge >= 0.3 is 0 Å². The van der Waals surface area contributed by atoms with Crippen LogP contribution in [0.5, 0.6) is 11.8 Å². The van der Waals surface area contributed by atoms with Crippen LogP contribution in [-0.4, -0.2) is 81.9 Å². The van der Waals surface area contributed by atoms with E-state index in [1.54, 1.807) is 13.8 Å². The lowest BCUT2D eigenvalue weighted by Crippen LogP contribution is -2.35. The smallest absolute Gasteiger partial charge is 0.245 e. The quantitative estimate of drug-likeness (QED) is 0.359. The molecule has 1 aliphatic heterocycles. The number of ether oxygens (including phenoxy) is 4. The molecule has 0 spiro atoms. The molecule has 16 heteroatoms. The van der Waals surface area contributed by atoms with Gasteiger partial charge in [0.15, 0.2) is 11.5 Å². The van der Waals surface area contributed by atoms with Crippen LogP contribution in [0.4, 0.5) is 5.95 Å². The van der Waals surface area contributed by atoms with E-state index in [0.717, 1.165) is 0 Å². The maximum Gasteiger partial charge on any atom is 0.245 e. The number of hydrogen-bond acceptors (Lipinski definition) is 12. The van der Waals surface area contributed by atoms with Crippen molar-refractivity contribution in [2.75, 3.05) is 32.2 Å². The number of rotatable bonds is 11. The second-order valence-electron chi connectivity index (χ2n) is 8.74. The number of nitrogens with one attached hydrogen (secondary N) is 1. The van der Waals surface area contributed by atoms with Gasteiger partial charge in [0.2, 0.25) is 27.7 Å². The molecule has 4 heterocycles. The van der Waals surface area contributed by atoms with Crippen molar-refractivity contribution >= 4 is 27.6 Å². The summed E-state index contributed by atoms with van der Waals surface area (Å²) >= 11 is 5.93. The van der Waals surface area contributed by atoms with Crippen LogP contribution in [0.1, 0.15) is 50.9 Å². The summed E-state index contributed by atoms with van der Waals surface area (Å²) in [4.78, 5) is 16.7. The molecule has 0 aliphatic carbocycles. The summed E-state index contributed by atoms with van der Waals surface area (Å²) in [6.07, 6.45) is 3.38. The average molecular weight is 569 g/mol. The number of hydrogen-bond donors (Lipinski definition) is 1. The van der Waals surface area contributed by atoms with Gasteiger partial charge in [-0.1, -0.05) is 11.6 Å². The molecule has 1 fully saturated rings. The molecule has 1 aliphatic rings. The molecule has 3 aromatic rings. The van der Waals surface area contributed by atoms with Crippen molar-refractivity contribution in [3.05, 3.63) is 35.4 Å². The number of halogens is 1. The lowest BCUT2D eigenvalue weighted by Gasteiger charge is -2.25. The van der Waals surface area contributed by atoms with Crippen molar-refractivity contribution in [1.82, 2.24) is 34.7 Å². The maximum atomic E-state index is 13.7. The topological polar surface area (TPSA) is 165 Å². The summed E-state index contributed by atoms with van der Waals surface area (Å²) in [5.74, 6) is 0.626. The number of anilines is 1. The van der Waals surface area contributed by atoms with Crippen molar-refractivity contribution < 1.29 is 27.4 Å². The zero-order valence-electron chi connectivity index (χ0n) is 21.5. The minimum atomic E-state index is -4.16. The summed E-state index contributed by atoms with van der Waals surface area (Å²) in [5.41, 5.74) is 0.241. The summed E-state index contributed by atoms with van der Waals surface area (Å²) in [6, 6.07) is 0. The number of sulfonamides is 1. The Labute approximate surface area is 225 Å². The first-order valence-corrected chi connectivity index (χ1v) is 13.7. The van der Waals surface area contributed by atoms with Crippen LogP contribution in [0.2, 0.25) is 5.02 Å². The standard InChI is InChI=1S/C22H29ClN8O6S/c1-12(2)37-17(18-24-8-15(23)9-25-18)13(3)38(32,33)30-22-29-28-19(14-6-7-36-10-14)31(22)16-20(34-4)26-11-27-21(16)35-5/h8-9,11-14,17H,6-7,10H2,1-5H3,(H,29,30)/t13?,14-,17?/m1/s1. The molecule has 0 saturated carbocycles. The highest BCUT2D eigenvalue weighted by Crippen LogP contribution is 2.36. The average Bonchev–Trinajstić information content (AvgIpc) is 3.56. The molecule has 206 valence electrons. The van der Waals surface area contributed by atoms with Gasteiger partial charge in [0, 0.05) is 24.9 Å². The molecule has 3 atom stereocenters. The molecular weight excluding hydrogens is 540 g/mol. The van der Waals surface area contributed by atoms with Gasteiger partial charge in [-0.05, 0) is 27.2 Å². The van der Waals surface area contributed by atoms with E-state index in [1.165, 1.54) is 44.4 Å². The van der Waals surface area contributed by atoms with Gasteiger partial charge in [-0.25, -0.2) is 18.4 Å². The number of nitrogens with zero attached hydrogens (tertiary/aromatic N) is 7. The second kappa shape index (κ2) is 11.7. The largest absolute Gasteiger partial charge is 0.479 e. The molecule has 14 nitrogen and oxygen atoms in total. The lowest BCUT2D eigenvalue weighted by atomic mass is 10.1. The third-order valence-electron chi connectivity index (χ3n) is 5.81. The molecule has 0 aromatic carbocycles. The van der Waals surface area contributed by atoms with E-state index in [9.17, 15) is 8.42 Å². The fraction of sp³-hybridized carbons (Fsp3) is 0.545. The number of aromatic nitrogens is 7. The molecule has 0 amide bonds. The summed E-state index contributed by atoms with van der Waals surface area (Å²) in [6.45, 7) is 5.99. The van der Waals surface area contributed by atoms with Gasteiger partial charge < -0.3 is 18.9 Å². The molecule has 38 heavy (non-hydrogen) atoms. The van der Waals surface area contributed by atoms with E-state index in [4.69, 9.17) is 30.5 Å². The van der Waals surface area contributed by atoms with Crippen LogP contribution in [0, 0.1) is 0 Å². The summed E-state index contributed by atoms with van der Waals surface area (Å²) < 4.78 is 53.8. The monoisotopic (exact) mass is 568 g/mol. The van der Waals surface area contributed by atoms with Crippen molar-refractivity contribution in [1.29, 1.82) is 0 Å². The van der Waals surface area contributed by atoms with Crippen LogP contribution in [0.15, 0.2) is 18.7 Å². The van der Waals surface area contributed by atoms with E-state index in [0.29, 0.717) is 30.5 Å². The first-order chi connectivity index (χ1) is 18.2. The molecule has 2 unspecified atom stereocenters. The summed E-state index contributed by atoms with van der Waals surface area (Å²) in [5, 5.41) is 7.64. The van der Waals surface area contributed by atoms with Gasteiger partial charge in [0.05, 0.1) is 32.0 Å². The Kier molecular flexibility index (Phi) is 8.60. The Morgan fingerprint density at radius 3 is 2.29 bits per heavy atom. The molecule has 4 rings (SSSR count). The lowest BCUT2D eigenvalue weighted by molar-refractivity contribution is 0.00154. The van der Waals surface area contributed by atoms with Crippen molar-refractivity contribution in [3.63, 3.8) is 0 Å². The molecule has 3 aromatic heterocycles. The first-order valence-electron chi connectivity index (χ1n) is 11.8. The third kappa shape index (κ3) is 5.80. The van der Waals surface area contributed by atoms with E-state index in [2.05, 4.69) is 34.9 Å². The molecule has 1 N–H and O–H groups in total. The molecular formula is C22H29ClN8O6S. The van der Waals surface area contributed by atoms with Crippen LogP contribution < -0.4 is 14.2 Å². The van der Waals surface area contributed by atoms with Gasteiger partial charge in [0.1, 0.15) is 23.5 Å². The second-order valence-corrected chi connectivity index (χ2v) is 11.2. The highest BCUT2D eigenvalue weighted by Gasteiger charge is 2.37. The Balaban J connectivity index is 1.78. The predicted molar refractivity (Wildman–Crippen MR) is 136 cm³/mol. The van der Waals surface area contributed by atoms with Crippen LogP contribution in [0.25, 0.3) is 5.69 Å². The Morgan fingerprint density at radius 2 is 1.74 bits per heavy atom. The maximum absolute atomic E-state index is 13.7. The van der Waals surface area contributed by atoms with Gasteiger partial charge in [-0.15, -0.1) is 10.2 Å². The Hall–Kier alpha value is -3.14. The zero-order chi connectivity index (χ0) is 27.4. The van der Waals surface area contributed by atoms with E-state index in [1.807, 2.05) is 0 Å². The highest BCUT2D eigenvalue weighted by atomic mass is 35.5. The predicted octanol–water partition coefficient (Wildman–Crippen LogP) is 2.32. The van der Waals surface area contributed by atoms with Crippen molar-refractivity contribution in [3.8, 4) is 17.4 Å². The van der Waals surface area contributed by atoms with E-state index >= 15 is 0 Å². The van der Waals surface area contributed by atoms with Crippen LogP contribution in [-0.2, 0) is 19.5 Å². The van der Waals surface area contributed by atoms with Crippen molar-refractivity contribution in [2.24, 2.45) is 0 Å². The van der Waals surface area contributed by atoms with E-state index < -0.39 is 21.4 Å². The molecule has 1 saturated heterocycles. The third-order valence-corrected chi connectivity index (χ3v) is 7.70. The highest BCUT2D eigenvalue weighted by molar-refractivity contribution is 7.93. The van der Waals surface area contributed by atoms with Gasteiger partial charge in [0.25, 0.3) is 0 Å². The Bertz CT molecular complexity index is 1330.